The Morgan fingerprint density at radius 1 is 1.25 bits per heavy atom. The van der Waals surface area contributed by atoms with E-state index in [1.807, 2.05) is 32.0 Å². The van der Waals surface area contributed by atoms with E-state index in [9.17, 15) is 19.5 Å². The number of thioether (sulfide) groups is 1. The van der Waals surface area contributed by atoms with Crippen molar-refractivity contribution in [3.8, 4) is 0 Å². The second kappa shape index (κ2) is 8.99. The number of carbonyl (C=O) groups is 3. The predicted octanol–water partition coefficient (Wildman–Crippen LogP) is 2.23. The van der Waals surface area contributed by atoms with Gasteiger partial charge in [-0.2, -0.15) is 0 Å². The van der Waals surface area contributed by atoms with E-state index in [2.05, 4.69) is 26.6 Å². The predicted molar refractivity (Wildman–Crippen MR) is 129 cm³/mol. The van der Waals surface area contributed by atoms with E-state index in [0.717, 1.165) is 16.8 Å². The van der Waals surface area contributed by atoms with Crippen LogP contribution in [0.3, 0.4) is 0 Å². The van der Waals surface area contributed by atoms with Gasteiger partial charge < -0.3 is 20.6 Å². The van der Waals surface area contributed by atoms with Crippen molar-refractivity contribution in [2.45, 2.75) is 54.0 Å². The fourth-order valence-electron chi connectivity index (χ4n) is 5.73. The lowest BCUT2D eigenvalue weighted by atomic mass is 9.70. The van der Waals surface area contributed by atoms with Crippen LogP contribution in [0.4, 0.5) is 5.69 Å². The normalized spacial score (nSPS) is 32.8. The number of aliphatic hydroxyl groups excluding tert-OH is 1. The number of aliphatic hydroxyl groups is 1. The number of benzene rings is 1. The Labute approximate surface area is 201 Å². The molecule has 1 spiro atoms. The summed E-state index contributed by atoms with van der Waals surface area (Å²) in [6.07, 6.45) is 1.82. The van der Waals surface area contributed by atoms with Crippen molar-refractivity contribution in [2.24, 2.45) is 11.8 Å². The second-order valence-corrected chi connectivity index (χ2v) is 11.7. The highest BCUT2D eigenvalue weighted by Gasteiger charge is 2.75. The molecule has 3 fully saturated rings. The van der Waals surface area contributed by atoms with Crippen LogP contribution in [0.5, 0.6) is 0 Å². The fourth-order valence-corrected chi connectivity index (χ4v) is 9.35. The molecule has 1 aromatic carbocycles. The molecule has 3 unspecified atom stereocenters. The van der Waals surface area contributed by atoms with Crippen LogP contribution < -0.4 is 10.6 Å². The summed E-state index contributed by atoms with van der Waals surface area (Å²) >= 11 is 5.37. The first-order valence-corrected chi connectivity index (χ1v) is 12.9. The first-order valence-electron chi connectivity index (χ1n) is 11.1. The number of nitrogens with zero attached hydrogens (tertiary/aromatic N) is 1. The number of fused-ring (bicyclic) bond motifs is 1. The van der Waals surface area contributed by atoms with E-state index in [1.165, 1.54) is 0 Å². The molecular weight excluding hydrogens is 494 g/mol. The molecule has 3 aliphatic rings. The third kappa shape index (κ3) is 3.56. The van der Waals surface area contributed by atoms with Gasteiger partial charge in [-0.15, -0.1) is 11.8 Å². The van der Waals surface area contributed by atoms with Gasteiger partial charge >= 0.3 is 0 Å². The lowest BCUT2D eigenvalue weighted by Gasteiger charge is -2.35. The van der Waals surface area contributed by atoms with Crippen LogP contribution in [0.15, 0.2) is 18.2 Å². The van der Waals surface area contributed by atoms with Crippen LogP contribution >= 0.6 is 27.7 Å². The van der Waals surface area contributed by atoms with Gasteiger partial charge in [0.25, 0.3) is 0 Å². The summed E-state index contributed by atoms with van der Waals surface area (Å²) in [5.41, 5.74) is 2.71. The number of hydrogen-bond donors (Lipinski definition) is 3. The van der Waals surface area contributed by atoms with E-state index >= 15 is 0 Å². The van der Waals surface area contributed by atoms with Gasteiger partial charge in [0.1, 0.15) is 6.04 Å². The summed E-state index contributed by atoms with van der Waals surface area (Å²) in [6.45, 7) is 4.33. The Bertz CT molecular complexity index is 924. The van der Waals surface area contributed by atoms with Gasteiger partial charge in [-0.25, -0.2) is 0 Å². The lowest BCUT2D eigenvalue weighted by Crippen LogP contribution is -2.53. The quantitative estimate of drug-likeness (QED) is 0.376. The topological polar surface area (TPSA) is 98.7 Å². The van der Waals surface area contributed by atoms with Crippen LogP contribution in [0, 0.1) is 25.7 Å². The highest BCUT2D eigenvalue weighted by molar-refractivity contribution is 9.09. The molecule has 0 aliphatic carbocycles. The van der Waals surface area contributed by atoms with Gasteiger partial charge in [0.15, 0.2) is 0 Å². The number of halogens is 1. The van der Waals surface area contributed by atoms with Crippen LogP contribution in [0.25, 0.3) is 0 Å². The number of unbranched alkanes of at least 4 members (excludes halogenated alkanes) is 1. The zero-order valence-electron chi connectivity index (χ0n) is 18.6. The maximum atomic E-state index is 13.8. The van der Waals surface area contributed by atoms with Crippen molar-refractivity contribution in [1.82, 2.24) is 10.2 Å². The number of aryl methyl sites for hydroxylation is 2. The van der Waals surface area contributed by atoms with Crippen LogP contribution in [-0.4, -0.2) is 68.8 Å². The molecule has 6 atom stereocenters. The first kappa shape index (κ1) is 23.6. The number of likely N-dealkylation sites (tertiary alicyclic amines) is 1. The molecule has 3 heterocycles. The fraction of sp³-hybridized carbons (Fsp3) is 0.609. The third-order valence-corrected chi connectivity index (χ3v) is 10.3. The number of carbonyl (C=O) groups excluding carboxylic acids is 3. The van der Waals surface area contributed by atoms with Crippen molar-refractivity contribution in [1.29, 1.82) is 0 Å². The van der Waals surface area contributed by atoms with Crippen LogP contribution in [-0.2, 0) is 14.4 Å². The van der Waals surface area contributed by atoms with Crippen molar-refractivity contribution in [3.63, 3.8) is 0 Å². The molecule has 2 bridgehead atoms. The van der Waals surface area contributed by atoms with Crippen molar-refractivity contribution >= 4 is 51.1 Å². The maximum absolute atomic E-state index is 13.8. The number of anilines is 1. The molecular formula is C23H30BrN3O4S. The summed E-state index contributed by atoms with van der Waals surface area (Å²) in [4.78, 5) is 42.0. The molecule has 4 rings (SSSR count). The minimum Gasteiger partial charge on any atom is -0.396 e. The van der Waals surface area contributed by atoms with E-state index in [-0.39, 0.29) is 34.4 Å². The number of nitrogens with one attached hydrogen (secondary N) is 2. The van der Waals surface area contributed by atoms with Crippen molar-refractivity contribution in [2.75, 3.05) is 25.5 Å². The highest BCUT2D eigenvalue weighted by atomic mass is 79.9. The third-order valence-electron chi connectivity index (χ3n) is 7.12. The lowest BCUT2D eigenvalue weighted by molar-refractivity contribution is -0.139. The molecule has 3 saturated heterocycles. The van der Waals surface area contributed by atoms with E-state index in [4.69, 9.17) is 0 Å². The van der Waals surface area contributed by atoms with Crippen LogP contribution in [0.2, 0.25) is 0 Å². The van der Waals surface area contributed by atoms with Gasteiger partial charge in [-0.3, -0.25) is 14.4 Å². The van der Waals surface area contributed by atoms with E-state index < -0.39 is 22.6 Å². The van der Waals surface area contributed by atoms with Crippen LogP contribution in [0.1, 0.15) is 30.4 Å². The van der Waals surface area contributed by atoms with E-state index in [1.54, 1.807) is 23.7 Å². The van der Waals surface area contributed by atoms with Gasteiger partial charge in [0, 0.05) is 36.0 Å². The van der Waals surface area contributed by atoms with Crippen molar-refractivity contribution in [3.05, 3.63) is 29.3 Å². The average molecular weight is 524 g/mol. The maximum Gasteiger partial charge on any atom is 0.248 e. The number of rotatable bonds is 7. The number of amides is 3. The van der Waals surface area contributed by atoms with Gasteiger partial charge in [-0.05, 0) is 44.2 Å². The summed E-state index contributed by atoms with van der Waals surface area (Å²) in [7, 11) is 1.60. The average Bonchev–Trinajstić information content (AvgIpc) is 3.34. The molecule has 3 N–H and O–H groups in total. The Kier molecular flexibility index (Phi) is 6.62. The van der Waals surface area contributed by atoms with Gasteiger partial charge in [-0.1, -0.05) is 34.1 Å². The Morgan fingerprint density at radius 3 is 2.56 bits per heavy atom. The highest BCUT2D eigenvalue weighted by Crippen LogP contribution is 2.67. The summed E-state index contributed by atoms with van der Waals surface area (Å²) in [5, 5.41) is 15.0. The molecule has 3 amide bonds. The van der Waals surface area contributed by atoms with Gasteiger partial charge in [0.2, 0.25) is 17.7 Å². The van der Waals surface area contributed by atoms with Gasteiger partial charge in [0.05, 0.1) is 16.6 Å². The zero-order chi connectivity index (χ0) is 23.2. The molecule has 3 aliphatic heterocycles. The summed E-state index contributed by atoms with van der Waals surface area (Å²) < 4.78 is -0.646. The molecule has 0 saturated carbocycles. The Hall–Kier alpha value is -1.58. The summed E-state index contributed by atoms with van der Waals surface area (Å²) in [6, 6.07) is 5.19. The smallest absolute Gasteiger partial charge is 0.248 e. The standard InChI is InChI=1S/C23H30BrN3O4S/c1-12-7-6-8-13(2)17(12)26-21(30)19-23-11-14(24)18(32-23)15(20(29)25-3)16(23)22(31)27(19)9-4-5-10-28/h6-8,14-16,18-19,28H,4-5,9-11H2,1-3H3,(H,25,29)(H,26,30)/t14?,15-,16-,18-,19?,23?/m0/s1. The first-order chi connectivity index (χ1) is 15.3. The molecule has 174 valence electrons. The summed E-state index contributed by atoms with van der Waals surface area (Å²) in [5.74, 6) is -1.44. The Morgan fingerprint density at radius 2 is 1.94 bits per heavy atom. The number of hydrogen-bond acceptors (Lipinski definition) is 5. The number of alkyl halides is 1. The monoisotopic (exact) mass is 523 g/mol. The molecule has 0 aromatic heterocycles. The van der Waals surface area contributed by atoms with Crippen molar-refractivity contribution < 1.29 is 19.5 Å². The SMILES string of the molecule is CNC(=O)[C@H]1[C@H]2C(=O)N(CCCCO)C(C(=O)Nc3c(C)cccc3C)C23CC(Br)[C@@H]1S3. The minimum absolute atomic E-state index is 0.0387. The minimum atomic E-state index is -0.664. The molecule has 32 heavy (non-hydrogen) atoms. The second-order valence-electron chi connectivity index (χ2n) is 9.00. The zero-order valence-corrected chi connectivity index (χ0v) is 21.0. The molecule has 7 nitrogen and oxygen atoms in total. The molecule has 0 radical (unpaired) electrons. The van der Waals surface area contributed by atoms with E-state index in [0.29, 0.717) is 25.8 Å². The molecule has 1 aromatic rings. The molecule has 9 heteroatoms. The number of para-hydroxylation sites is 1. The largest absolute Gasteiger partial charge is 0.396 e. The Balaban J connectivity index is 1.73.